The van der Waals surface area contributed by atoms with Crippen molar-refractivity contribution < 1.29 is 14.3 Å². The summed E-state index contributed by atoms with van der Waals surface area (Å²) in [6.45, 7) is 4.10. The standard InChI is InChI=1S/C16H22N2O3/c1-3-8-18-9-6-13(7-10-18)15(19)17-12-16(2,20)14-5-4-11-21-14/h1,4-5,11,13,20H,6-10,12H2,2H3,(H,17,19). The Bertz CT molecular complexity index is 494. The minimum atomic E-state index is -1.19. The number of terminal acetylenes is 1. The minimum Gasteiger partial charge on any atom is -0.466 e. The molecule has 1 aromatic heterocycles. The molecule has 21 heavy (non-hydrogen) atoms. The molecule has 1 amide bonds. The number of likely N-dealkylation sites (tertiary alicyclic amines) is 1. The Morgan fingerprint density at radius 3 is 2.90 bits per heavy atom. The van der Waals surface area contributed by atoms with Crippen molar-refractivity contribution in [2.24, 2.45) is 5.92 Å². The van der Waals surface area contributed by atoms with Crippen LogP contribution in [-0.4, -0.2) is 42.1 Å². The molecule has 2 N–H and O–H groups in total. The summed E-state index contributed by atoms with van der Waals surface area (Å²) in [5, 5.41) is 13.1. The molecular formula is C16H22N2O3. The number of nitrogens with zero attached hydrogens (tertiary/aromatic N) is 1. The number of hydrogen-bond donors (Lipinski definition) is 2. The number of carbonyl (C=O) groups is 1. The van der Waals surface area contributed by atoms with E-state index in [0.717, 1.165) is 25.9 Å². The van der Waals surface area contributed by atoms with Crippen LogP contribution in [0.1, 0.15) is 25.5 Å². The van der Waals surface area contributed by atoms with E-state index in [2.05, 4.69) is 16.1 Å². The van der Waals surface area contributed by atoms with Crippen LogP contribution in [0.15, 0.2) is 22.8 Å². The first kappa shape index (κ1) is 15.6. The van der Waals surface area contributed by atoms with E-state index in [-0.39, 0.29) is 18.4 Å². The quantitative estimate of drug-likeness (QED) is 0.792. The molecule has 0 radical (unpaired) electrons. The lowest BCUT2D eigenvalue weighted by Gasteiger charge is -2.30. The molecule has 2 heterocycles. The second-order valence-electron chi connectivity index (χ2n) is 5.72. The molecule has 0 aromatic carbocycles. The molecule has 1 unspecified atom stereocenters. The van der Waals surface area contributed by atoms with Crippen molar-refractivity contribution in [3.8, 4) is 12.3 Å². The van der Waals surface area contributed by atoms with Crippen LogP contribution in [0.4, 0.5) is 0 Å². The SMILES string of the molecule is C#CCN1CCC(C(=O)NCC(C)(O)c2ccco2)CC1. The Balaban J connectivity index is 1.79. The van der Waals surface area contributed by atoms with Crippen molar-refractivity contribution in [3.05, 3.63) is 24.2 Å². The van der Waals surface area contributed by atoms with Crippen LogP contribution in [0.5, 0.6) is 0 Å². The molecule has 2 rings (SSSR count). The van der Waals surface area contributed by atoms with E-state index in [4.69, 9.17) is 10.8 Å². The van der Waals surface area contributed by atoms with Crippen LogP contribution in [0.3, 0.4) is 0 Å². The zero-order valence-electron chi connectivity index (χ0n) is 12.3. The maximum absolute atomic E-state index is 12.2. The number of rotatable bonds is 5. The molecule has 5 nitrogen and oxygen atoms in total. The number of furan rings is 1. The first-order valence-electron chi connectivity index (χ1n) is 7.23. The van der Waals surface area contributed by atoms with E-state index in [1.54, 1.807) is 19.1 Å². The second kappa shape index (κ2) is 6.79. The lowest BCUT2D eigenvalue weighted by Crippen LogP contribution is -2.44. The maximum atomic E-state index is 12.2. The van der Waals surface area contributed by atoms with Crippen molar-refractivity contribution in [2.45, 2.75) is 25.4 Å². The minimum absolute atomic E-state index is 0.00794. The molecule has 1 fully saturated rings. The first-order valence-corrected chi connectivity index (χ1v) is 7.23. The molecule has 1 aliphatic rings. The molecule has 0 aliphatic carbocycles. The Morgan fingerprint density at radius 1 is 1.62 bits per heavy atom. The van der Waals surface area contributed by atoms with Gasteiger partial charge in [-0.1, -0.05) is 5.92 Å². The number of nitrogens with one attached hydrogen (secondary N) is 1. The van der Waals surface area contributed by atoms with E-state index < -0.39 is 5.60 Å². The third kappa shape index (κ3) is 4.10. The number of amides is 1. The topological polar surface area (TPSA) is 65.7 Å². The summed E-state index contributed by atoms with van der Waals surface area (Å²) in [5.74, 6) is 3.05. The fraction of sp³-hybridized carbons (Fsp3) is 0.562. The smallest absolute Gasteiger partial charge is 0.223 e. The van der Waals surface area contributed by atoms with Gasteiger partial charge in [-0.05, 0) is 45.0 Å². The van der Waals surface area contributed by atoms with Gasteiger partial charge in [-0.15, -0.1) is 6.42 Å². The summed E-state index contributed by atoms with van der Waals surface area (Å²) in [6.07, 6.45) is 8.40. The Kier molecular flexibility index (Phi) is 5.05. The second-order valence-corrected chi connectivity index (χ2v) is 5.72. The fourth-order valence-corrected chi connectivity index (χ4v) is 2.56. The van der Waals surface area contributed by atoms with Crippen LogP contribution < -0.4 is 5.32 Å². The third-order valence-electron chi connectivity index (χ3n) is 3.93. The summed E-state index contributed by atoms with van der Waals surface area (Å²) in [5.41, 5.74) is -1.19. The van der Waals surface area contributed by atoms with Gasteiger partial charge in [0.15, 0.2) is 0 Å². The average Bonchev–Trinajstić information content (AvgIpc) is 3.01. The number of hydrogen-bond acceptors (Lipinski definition) is 4. The van der Waals surface area contributed by atoms with Gasteiger partial charge in [0.2, 0.25) is 5.91 Å². The molecular weight excluding hydrogens is 268 g/mol. The maximum Gasteiger partial charge on any atom is 0.223 e. The fourth-order valence-electron chi connectivity index (χ4n) is 2.56. The van der Waals surface area contributed by atoms with Crippen molar-refractivity contribution in [2.75, 3.05) is 26.2 Å². The summed E-state index contributed by atoms with van der Waals surface area (Å²) in [6, 6.07) is 3.41. The third-order valence-corrected chi connectivity index (χ3v) is 3.93. The highest BCUT2D eigenvalue weighted by atomic mass is 16.4. The normalized spacial score (nSPS) is 19.7. The van der Waals surface area contributed by atoms with Gasteiger partial charge >= 0.3 is 0 Å². The van der Waals surface area contributed by atoms with Crippen LogP contribution >= 0.6 is 0 Å². The molecule has 1 aliphatic heterocycles. The van der Waals surface area contributed by atoms with E-state index in [0.29, 0.717) is 12.3 Å². The molecule has 0 bridgehead atoms. The van der Waals surface area contributed by atoms with Crippen LogP contribution in [0, 0.1) is 18.3 Å². The van der Waals surface area contributed by atoms with Gasteiger partial charge in [0.05, 0.1) is 19.4 Å². The Hall–Kier alpha value is -1.77. The summed E-state index contributed by atoms with van der Waals surface area (Å²) in [7, 11) is 0. The van der Waals surface area contributed by atoms with E-state index in [1.807, 2.05) is 0 Å². The number of piperidine rings is 1. The predicted molar refractivity (Wildman–Crippen MR) is 79.3 cm³/mol. The van der Waals surface area contributed by atoms with E-state index >= 15 is 0 Å². The van der Waals surface area contributed by atoms with Gasteiger partial charge in [-0.3, -0.25) is 9.69 Å². The van der Waals surface area contributed by atoms with Crippen LogP contribution in [0.25, 0.3) is 0 Å². The number of carbonyl (C=O) groups excluding carboxylic acids is 1. The molecule has 0 saturated carbocycles. The van der Waals surface area contributed by atoms with Gasteiger partial charge in [0.1, 0.15) is 11.4 Å². The highest BCUT2D eigenvalue weighted by molar-refractivity contribution is 5.78. The van der Waals surface area contributed by atoms with Gasteiger partial charge in [-0.25, -0.2) is 0 Å². The summed E-state index contributed by atoms with van der Waals surface area (Å²) < 4.78 is 5.19. The molecule has 1 atom stereocenters. The predicted octanol–water partition coefficient (Wildman–Crippen LogP) is 0.948. The average molecular weight is 290 g/mol. The monoisotopic (exact) mass is 290 g/mol. The molecule has 1 saturated heterocycles. The Morgan fingerprint density at radius 2 is 2.33 bits per heavy atom. The van der Waals surface area contributed by atoms with Gasteiger partial charge in [0.25, 0.3) is 0 Å². The van der Waals surface area contributed by atoms with Crippen LogP contribution in [-0.2, 0) is 10.4 Å². The van der Waals surface area contributed by atoms with E-state index in [9.17, 15) is 9.90 Å². The lowest BCUT2D eigenvalue weighted by atomic mass is 9.95. The zero-order valence-corrected chi connectivity index (χ0v) is 12.3. The first-order chi connectivity index (χ1) is 10.0. The van der Waals surface area contributed by atoms with Crippen LogP contribution in [0.2, 0.25) is 0 Å². The molecule has 1 aromatic rings. The highest BCUT2D eigenvalue weighted by Gasteiger charge is 2.29. The van der Waals surface area contributed by atoms with E-state index in [1.165, 1.54) is 6.26 Å². The molecule has 114 valence electrons. The van der Waals surface area contributed by atoms with Gasteiger partial charge < -0.3 is 14.8 Å². The number of aliphatic hydroxyl groups is 1. The summed E-state index contributed by atoms with van der Waals surface area (Å²) in [4.78, 5) is 14.3. The van der Waals surface area contributed by atoms with Crippen molar-refractivity contribution in [1.29, 1.82) is 0 Å². The largest absolute Gasteiger partial charge is 0.466 e. The van der Waals surface area contributed by atoms with Gasteiger partial charge in [0, 0.05) is 5.92 Å². The Labute approximate surface area is 125 Å². The van der Waals surface area contributed by atoms with Crippen molar-refractivity contribution in [3.63, 3.8) is 0 Å². The van der Waals surface area contributed by atoms with Gasteiger partial charge in [-0.2, -0.15) is 0 Å². The molecule has 5 heteroatoms. The highest BCUT2D eigenvalue weighted by Crippen LogP contribution is 2.21. The van der Waals surface area contributed by atoms with Crippen molar-refractivity contribution in [1.82, 2.24) is 10.2 Å². The summed E-state index contributed by atoms with van der Waals surface area (Å²) >= 11 is 0. The van der Waals surface area contributed by atoms with Crippen molar-refractivity contribution >= 4 is 5.91 Å². The zero-order chi connectivity index (χ0) is 15.3. The lowest BCUT2D eigenvalue weighted by molar-refractivity contribution is -0.127. The molecule has 0 spiro atoms.